The molecule has 27 heavy (non-hydrogen) atoms. The maximum absolute atomic E-state index is 6.09. The summed E-state index contributed by atoms with van der Waals surface area (Å²) in [4.78, 5) is 4.24. The summed E-state index contributed by atoms with van der Waals surface area (Å²) >= 11 is 12.0. The molecule has 0 bridgehead atoms. The summed E-state index contributed by atoms with van der Waals surface area (Å²) in [5.41, 5.74) is 7.51. The number of anilines is 1. The molecule has 0 aliphatic heterocycles. The second-order valence-electron chi connectivity index (χ2n) is 5.48. The molecule has 0 aliphatic rings. The van der Waals surface area contributed by atoms with Crippen LogP contribution in [0.4, 0.5) is 5.82 Å². The van der Waals surface area contributed by atoms with Crippen LogP contribution < -0.4 is 10.5 Å². The Morgan fingerprint density at radius 2 is 1.81 bits per heavy atom. The summed E-state index contributed by atoms with van der Waals surface area (Å²) in [6.07, 6.45) is 0. The molecule has 10 heteroatoms. The zero-order chi connectivity index (χ0) is 18.8. The van der Waals surface area contributed by atoms with Gasteiger partial charge in [-0.05, 0) is 40.1 Å². The van der Waals surface area contributed by atoms with E-state index in [4.69, 9.17) is 38.2 Å². The lowest BCUT2D eigenvalue weighted by Gasteiger charge is -2.08. The van der Waals surface area contributed by atoms with Gasteiger partial charge in [0.25, 0.3) is 5.89 Å². The normalized spacial score (nSPS) is 10.9. The van der Waals surface area contributed by atoms with E-state index < -0.39 is 0 Å². The Hall–Kier alpha value is -3.10. The maximum atomic E-state index is 6.09. The van der Waals surface area contributed by atoms with Gasteiger partial charge in [-0.2, -0.15) is 4.98 Å². The molecule has 0 amide bonds. The Bertz CT molecular complexity index is 1080. The zero-order valence-electron chi connectivity index (χ0n) is 13.6. The van der Waals surface area contributed by atoms with E-state index in [0.29, 0.717) is 28.3 Å². The summed E-state index contributed by atoms with van der Waals surface area (Å²) < 4.78 is 15.5. The van der Waals surface area contributed by atoms with E-state index in [1.807, 2.05) is 24.3 Å². The molecule has 4 rings (SSSR count). The average molecular weight is 404 g/mol. The first kappa shape index (κ1) is 17.3. The number of halogens is 2. The van der Waals surface area contributed by atoms with Crippen molar-refractivity contribution in [2.45, 2.75) is 6.61 Å². The van der Waals surface area contributed by atoms with E-state index in [1.54, 1.807) is 18.2 Å². The van der Waals surface area contributed by atoms with Crippen LogP contribution in [0.15, 0.2) is 51.6 Å². The summed E-state index contributed by atoms with van der Waals surface area (Å²) in [5, 5.41) is 12.0. The van der Waals surface area contributed by atoms with Crippen molar-refractivity contribution in [3.8, 4) is 28.7 Å². The highest BCUT2D eigenvalue weighted by Crippen LogP contribution is 2.29. The topological polar surface area (TPSA) is 113 Å². The lowest BCUT2D eigenvalue weighted by atomic mass is 10.1. The van der Waals surface area contributed by atoms with Crippen LogP contribution in [-0.2, 0) is 6.61 Å². The smallest absolute Gasteiger partial charge is 0.258 e. The van der Waals surface area contributed by atoms with E-state index >= 15 is 0 Å². The molecule has 4 aromatic rings. The predicted molar refractivity (Wildman–Crippen MR) is 98.2 cm³/mol. The Balaban J connectivity index is 1.47. The second-order valence-corrected chi connectivity index (χ2v) is 6.33. The third kappa shape index (κ3) is 3.71. The fraction of sp³-hybridized carbons (Fsp3) is 0.0588. The second kappa shape index (κ2) is 7.26. The van der Waals surface area contributed by atoms with Crippen LogP contribution in [0, 0.1) is 0 Å². The van der Waals surface area contributed by atoms with Crippen molar-refractivity contribution in [1.82, 2.24) is 20.5 Å². The van der Waals surface area contributed by atoms with Gasteiger partial charge in [0.05, 0.1) is 5.02 Å². The molecule has 0 saturated heterocycles. The van der Waals surface area contributed by atoms with Crippen LogP contribution in [0.3, 0.4) is 0 Å². The van der Waals surface area contributed by atoms with E-state index in [1.165, 1.54) is 0 Å². The van der Waals surface area contributed by atoms with E-state index in [0.717, 1.165) is 11.1 Å². The fourth-order valence-corrected chi connectivity index (χ4v) is 2.61. The number of hydrogen-bond donors (Lipinski definition) is 1. The van der Waals surface area contributed by atoms with Gasteiger partial charge in [0, 0.05) is 16.7 Å². The molecule has 0 fully saturated rings. The van der Waals surface area contributed by atoms with Crippen LogP contribution in [0.2, 0.25) is 10.0 Å². The van der Waals surface area contributed by atoms with E-state index in [9.17, 15) is 0 Å². The quantitative estimate of drug-likeness (QED) is 0.525. The number of ether oxygens (including phenoxy) is 1. The van der Waals surface area contributed by atoms with Gasteiger partial charge in [-0.15, -0.1) is 0 Å². The van der Waals surface area contributed by atoms with Gasteiger partial charge in [0.1, 0.15) is 12.4 Å². The van der Waals surface area contributed by atoms with Crippen LogP contribution in [0.5, 0.6) is 5.75 Å². The van der Waals surface area contributed by atoms with Crippen LogP contribution in [0.25, 0.3) is 23.0 Å². The Morgan fingerprint density at radius 1 is 1.00 bits per heavy atom. The molecule has 0 spiro atoms. The highest BCUT2D eigenvalue weighted by molar-refractivity contribution is 6.34. The molecule has 0 unspecified atom stereocenters. The molecule has 2 aromatic carbocycles. The van der Waals surface area contributed by atoms with Gasteiger partial charge in [0.2, 0.25) is 5.82 Å². The minimum atomic E-state index is 0.0922. The van der Waals surface area contributed by atoms with Gasteiger partial charge in [-0.3, -0.25) is 0 Å². The molecular formula is C17H11Cl2N5O3. The summed E-state index contributed by atoms with van der Waals surface area (Å²) in [7, 11) is 0. The standard InChI is InChI=1S/C17H11Cl2N5O3/c18-11-5-6-12(19)13(7-11)25-8-9-1-3-10(4-2-9)17-21-16(24-26-17)14-15(20)23-27-22-14/h1-7H,8H2,(H2,20,23). The molecule has 2 N–H and O–H groups in total. The van der Waals surface area contributed by atoms with Crippen molar-refractivity contribution < 1.29 is 13.9 Å². The summed E-state index contributed by atoms with van der Waals surface area (Å²) in [6.45, 7) is 0.330. The molecule has 136 valence electrons. The van der Waals surface area contributed by atoms with Crippen molar-refractivity contribution in [1.29, 1.82) is 0 Å². The average Bonchev–Trinajstić information content (AvgIpc) is 3.32. The first-order valence-corrected chi connectivity index (χ1v) is 8.45. The number of aromatic nitrogens is 4. The Kier molecular flexibility index (Phi) is 4.66. The lowest BCUT2D eigenvalue weighted by molar-refractivity contribution is 0.306. The first-order valence-electron chi connectivity index (χ1n) is 7.69. The molecule has 2 heterocycles. The fourth-order valence-electron chi connectivity index (χ4n) is 2.28. The number of nitrogens with zero attached hydrogens (tertiary/aromatic N) is 4. The van der Waals surface area contributed by atoms with Crippen molar-refractivity contribution in [3.05, 3.63) is 58.1 Å². The molecule has 0 aliphatic carbocycles. The summed E-state index contributed by atoms with van der Waals surface area (Å²) in [5.74, 6) is 1.13. The van der Waals surface area contributed by atoms with Crippen molar-refractivity contribution in [3.63, 3.8) is 0 Å². The van der Waals surface area contributed by atoms with Gasteiger partial charge in [0.15, 0.2) is 11.5 Å². The van der Waals surface area contributed by atoms with Gasteiger partial charge >= 0.3 is 0 Å². The Morgan fingerprint density at radius 3 is 2.56 bits per heavy atom. The third-order valence-corrected chi connectivity index (χ3v) is 4.19. The van der Waals surface area contributed by atoms with Crippen LogP contribution in [0.1, 0.15) is 5.56 Å². The van der Waals surface area contributed by atoms with Crippen molar-refractivity contribution in [2.75, 3.05) is 5.73 Å². The monoisotopic (exact) mass is 403 g/mol. The number of nitrogens with two attached hydrogens (primary N) is 1. The van der Waals surface area contributed by atoms with Gasteiger partial charge in [-0.25, -0.2) is 4.63 Å². The SMILES string of the molecule is Nc1nonc1-c1noc(-c2ccc(COc3cc(Cl)ccc3Cl)cc2)n1. The predicted octanol–water partition coefficient (Wildman–Crippen LogP) is 4.25. The minimum Gasteiger partial charge on any atom is -0.487 e. The number of rotatable bonds is 5. The lowest BCUT2D eigenvalue weighted by Crippen LogP contribution is -1.96. The number of nitrogen functional groups attached to an aromatic ring is 1. The van der Waals surface area contributed by atoms with Crippen molar-refractivity contribution in [2.24, 2.45) is 0 Å². The maximum Gasteiger partial charge on any atom is 0.258 e. The molecule has 0 saturated carbocycles. The van der Waals surface area contributed by atoms with Gasteiger partial charge < -0.3 is 15.0 Å². The number of hydrogen-bond acceptors (Lipinski definition) is 8. The first-order chi connectivity index (χ1) is 13.1. The summed E-state index contributed by atoms with van der Waals surface area (Å²) in [6, 6.07) is 12.5. The van der Waals surface area contributed by atoms with Crippen LogP contribution in [-0.4, -0.2) is 20.5 Å². The van der Waals surface area contributed by atoms with E-state index in [2.05, 4.69) is 25.1 Å². The van der Waals surface area contributed by atoms with Crippen molar-refractivity contribution >= 4 is 29.0 Å². The molecule has 0 radical (unpaired) electrons. The third-order valence-electron chi connectivity index (χ3n) is 3.64. The minimum absolute atomic E-state index is 0.0922. The van der Waals surface area contributed by atoms with E-state index in [-0.39, 0.29) is 17.3 Å². The highest BCUT2D eigenvalue weighted by atomic mass is 35.5. The number of benzene rings is 2. The Labute approximate surface area is 162 Å². The largest absolute Gasteiger partial charge is 0.487 e. The van der Waals surface area contributed by atoms with Crippen LogP contribution >= 0.6 is 23.2 Å². The van der Waals surface area contributed by atoms with Gasteiger partial charge in [-0.1, -0.05) is 40.5 Å². The molecule has 8 nitrogen and oxygen atoms in total. The zero-order valence-corrected chi connectivity index (χ0v) is 15.1. The molecule has 0 atom stereocenters. The molecular weight excluding hydrogens is 393 g/mol. The highest BCUT2D eigenvalue weighted by Gasteiger charge is 2.17. The molecule has 2 aromatic heterocycles.